The maximum Gasteiger partial charge on any atom is 0.326 e. The molecule has 1 aromatic heterocycles. The summed E-state index contributed by atoms with van der Waals surface area (Å²) in [5.41, 5.74) is 1.03. The lowest BCUT2D eigenvalue weighted by Gasteiger charge is -2.13. The molecule has 0 fully saturated rings. The van der Waals surface area contributed by atoms with E-state index < -0.39 is 22.0 Å². The average Bonchev–Trinajstić information content (AvgIpc) is 2.82. The molecule has 0 aliphatic heterocycles. The van der Waals surface area contributed by atoms with Gasteiger partial charge in [0.15, 0.2) is 0 Å². The molecule has 7 nitrogen and oxygen atoms in total. The van der Waals surface area contributed by atoms with Crippen LogP contribution in [0.5, 0.6) is 0 Å². The van der Waals surface area contributed by atoms with E-state index in [0.29, 0.717) is 0 Å². The molecule has 0 radical (unpaired) electrons. The van der Waals surface area contributed by atoms with Crippen LogP contribution in [0.25, 0.3) is 0 Å². The van der Waals surface area contributed by atoms with Crippen LogP contribution in [-0.4, -0.2) is 29.3 Å². The van der Waals surface area contributed by atoms with E-state index in [0.717, 1.165) is 5.56 Å². The van der Waals surface area contributed by atoms with Crippen molar-refractivity contribution >= 4 is 16.0 Å². The van der Waals surface area contributed by atoms with Gasteiger partial charge in [0.05, 0.1) is 11.1 Å². The Morgan fingerprint density at radius 3 is 2.67 bits per heavy atom. The van der Waals surface area contributed by atoms with Crippen molar-refractivity contribution in [2.75, 3.05) is 0 Å². The number of carbonyl (C=O) groups is 1. The number of aromatic nitrogens is 2. The van der Waals surface area contributed by atoms with Gasteiger partial charge >= 0.3 is 5.97 Å². The first kappa shape index (κ1) is 15.2. The van der Waals surface area contributed by atoms with Crippen LogP contribution in [0, 0.1) is 6.92 Å². The van der Waals surface area contributed by atoms with Gasteiger partial charge < -0.3 is 5.11 Å². The van der Waals surface area contributed by atoms with Crippen LogP contribution in [0.15, 0.2) is 41.6 Å². The van der Waals surface area contributed by atoms with Crippen LogP contribution < -0.4 is 4.72 Å². The molecule has 2 rings (SSSR count). The van der Waals surface area contributed by atoms with Crippen LogP contribution in [0.3, 0.4) is 0 Å². The van der Waals surface area contributed by atoms with Crippen LogP contribution in [0.2, 0.25) is 0 Å². The molecule has 0 amide bonds. The predicted molar refractivity (Wildman–Crippen MR) is 75.1 cm³/mol. The first-order valence-corrected chi connectivity index (χ1v) is 7.58. The number of hydrogen-bond donors (Lipinski definition) is 2. The molecule has 1 unspecified atom stereocenters. The van der Waals surface area contributed by atoms with Gasteiger partial charge in [-0.1, -0.05) is 12.1 Å². The zero-order chi connectivity index (χ0) is 15.6. The lowest BCUT2D eigenvalue weighted by atomic mass is 10.2. The van der Waals surface area contributed by atoms with Gasteiger partial charge in [0.1, 0.15) is 6.04 Å². The lowest BCUT2D eigenvalue weighted by Crippen LogP contribution is -2.33. The smallest absolute Gasteiger partial charge is 0.326 e. The summed E-state index contributed by atoms with van der Waals surface area (Å²) in [6.07, 6.45) is 2.77. The van der Waals surface area contributed by atoms with E-state index in [4.69, 9.17) is 0 Å². The van der Waals surface area contributed by atoms with E-state index in [-0.39, 0.29) is 10.5 Å². The van der Waals surface area contributed by atoms with Gasteiger partial charge in [-0.3, -0.25) is 9.48 Å². The molecule has 2 aromatic rings. The van der Waals surface area contributed by atoms with Gasteiger partial charge in [0, 0.05) is 18.8 Å². The van der Waals surface area contributed by atoms with E-state index >= 15 is 0 Å². The molecule has 0 aliphatic rings. The highest BCUT2D eigenvalue weighted by atomic mass is 32.2. The van der Waals surface area contributed by atoms with Crippen LogP contribution in [0.4, 0.5) is 0 Å². The number of benzene rings is 1. The van der Waals surface area contributed by atoms with Gasteiger partial charge in [0.2, 0.25) is 10.0 Å². The average molecular weight is 309 g/mol. The van der Waals surface area contributed by atoms with Gasteiger partial charge in [-0.2, -0.15) is 9.82 Å². The van der Waals surface area contributed by atoms with Crippen LogP contribution in [0.1, 0.15) is 17.2 Å². The van der Waals surface area contributed by atoms with E-state index in [1.54, 1.807) is 26.1 Å². The Balaban J connectivity index is 2.34. The highest BCUT2D eigenvalue weighted by molar-refractivity contribution is 7.89. The summed E-state index contributed by atoms with van der Waals surface area (Å²) in [4.78, 5) is 11.3. The van der Waals surface area contributed by atoms with Gasteiger partial charge in [-0.25, -0.2) is 8.42 Å². The largest absolute Gasteiger partial charge is 0.480 e. The minimum absolute atomic E-state index is 0.0256. The van der Waals surface area contributed by atoms with Crippen molar-refractivity contribution in [1.82, 2.24) is 14.5 Å². The van der Waals surface area contributed by atoms with Gasteiger partial charge in [-0.15, -0.1) is 0 Å². The molecule has 0 spiro atoms. The van der Waals surface area contributed by atoms with Crippen molar-refractivity contribution in [3.63, 3.8) is 0 Å². The van der Waals surface area contributed by atoms with Crippen molar-refractivity contribution in [3.8, 4) is 0 Å². The summed E-state index contributed by atoms with van der Waals surface area (Å²) in [6, 6.07) is 4.87. The molecule has 2 N–H and O–H groups in total. The normalized spacial score (nSPS) is 13.0. The second-order valence-electron chi connectivity index (χ2n) is 4.66. The number of sulfonamides is 1. The first-order valence-electron chi connectivity index (χ1n) is 6.10. The Morgan fingerprint density at radius 1 is 1.43 bits per heavy atom. The molecule has 21 heavy (non-hydrogen) atoms. The predicted octanol–water partition coefficient (Wildman–Crippen LogP) is 0.833. The molecular formula is C13H15N3O4S. The van der Waals surface area contributed by atoms with E-state index in [1.165, 1.54) is 29.2 Å². The molecule has 8 heteroatoms. The number of hydrogen-bond acceptors (Lipinski definition) is 4. The Hall–Kier alpha value is -2.19. The summed E-state index contributed by atoms with van der Waals surface area (Å²) in [5, 5.41) is 13.1. The third-order valence-electron chi connectivity index (χ3n) is 2.88. The van der Waals surface area contributed by atoms with Gasteiger partial charge in [-0.05, 0) is 24.6 Å². The fraction of sp³-hybridized carbons (Fsp3) is 0.231. The van der Waals surface area contributed by atoms with Crippen molar-refractivity contribution < 1.29 is 18.3 Å². The number of rotatable bonds is 5. The molecule has 1 aromatic carbocycles. The number of nitrogens with zero attached hydrogens (tertiary/aromatic N) is 2. The van der Waals surface area contributed by atoms with Gasteiger partial charge in [0.25, 0.3) is 0 Å². The molecule has 112 valence electrons. The summed E-state index contributed by atoms with van der Waals surface area (Å²) in [7, 11) is -2.31. The molecular weight excluding hydrogens is 294 g/mol. The molecule has 1 heterocycles. The Labute approximate surface area is 122 Å². The summed E-state index contributed by atoms with van der Waals surface area (Å²) in [6.45, 7) is 1.76. The Morgan fingerprint density at radius 2 is 2.14 bits per heavy atom. The van der Waals surface area contributed by atoms with Crippen molar-refractivity contribution in [3.05, 3.63) is 47.8 Å². The minimum atomic E-state index is -3.93. The number of carboxylic acids is 1. The topological polar surface area (TPSA) is 101 Å². The highest BCUT2D eigenvalue weighted by Crippen LogP contribution is 2.18. The van der Waals surface area contributed by atoms with Crippen LogP contribution >= 0.6 is 0 Å². The SMILES string of the molecule is Cc1cccc(S(=O)(=O)NC(C(=O)O)c2cnn(C)c2)c1. The maximum atomic E-state index is 12.3. The molecule has 0 aliphatic carbocycles. The Kier molecular flexibility index (Phi) is 4.10. The molecule has 0 saturated carbocycles. The van der Waals surface area contributed by atoms with E-state index in [1.807, 2.05) is 0 Å². The van der Waals surface area contributed by atoms with E-state index in [2.05, 4.69) is 9.82 Å². The maximum absolute atomic E-state index is 12.3. The summed E-state index contributed by atoms with van der Waals surface area (Å²) < 4.78 is 28.1. The zero-order valence-electron chi connectivity index (χ0n) is 11.5. The van der Waals surface area contributed by atoms with Crippen molar-refractivity contribution in [2.24, 2.45) is 7.05 Å². The lowest BCUT2D eigenvalue weighted by molar-refractivity contribution is -0.139. The molecule has 0 bridgehead atoms. The fourth-order valence-electron chi connectivity index (χ4n) is 1.86. The Bertz CT molecular complexity index is 767. The number of nitrogens with one attached hydrogen (secondary N) is 1. The van der Waals surface area contributed by atoms with Crippen molar-refractivity contribution in [1.29, 1.82) is 0 Å². The third kappa shape index (κ3) is 3.47. The summed E-state index contributed by atoms with van der Waals surface area (Å²) >= 11 is 0. The number of aliphatic carboxylic acids is 1. The van der Waals surface area contributed by atoms with Crippen molar-refractivity contribution in [2.45, 2.75) is 17.9 Å². The second-order valence-corrected chi connectivity index (χ2v) is 6.37. The monoisotopic (exact) mass is 309 g/mol. The minimum Gasteiger partial charge on any atom is -0.480 e. The summed E-state index contributed by atoms with van der Waals surface area (Å²) in [5.74, 6) is -1.29. The molecule has 0 saturated heterocycles. The third-order valence-corrected chi connectivity index (χ3v) is 4.30. The number of carboxylic acid groups (broad SMARTS) is 1. The highest BCUT2D eigenvalue weighted by Gasteiger charge is 2.27. The standard InChI is InChI=1S/C13H15N3O4S/c1-9-4-3-5-11(6-9)21(19,20)15-12(13(17)18)10-7-14-16(2)8-10/h3-8,12,15H,1-2H3,(H,17,18). The fourth-order valence-corrected chi connectivity index (χ4v) is 3.14. The quantitative estimate of drug-likeness (QED) is 0.852. The zero-order valence-corrected chi connectivity index (χ0v) is 12.3. The second kappa shape index (κ2) is 5.66. The number of aryl methyl sites for hydroxylation is 2. The first-order chi connectivity index (χ1) is 9.79. The molecule has 1 atom stereocenters. The van der Waals surface area contributed by atoms with Crippen LogP contribution in [-0.2, 0) is 21.9 Å². The van der Waals surface area contributed by atoms with E-state index in [9.17, 15) is 18.3 Å².